The minimum atomic E-state index is -4.10. The SMILES string of the molecule is CCNC(CCC(F)(F)F)c1cc(Br)c(Br)s1. The lowest BCUT2D eigenvalue weighted by molar-refractivity contribution is -0.136. The van der Waals surface area contributed by atoms with Gasteiger partial charge < -0.3 is 5.32 Å². The first-order valence-electron chi connectivity index (χ1n) is 5.08. The van der Waals surface area contributed by atoms with Crippen LogP contribution in [-0.2, 0) is 0 Å². The molecule has 0 saturated carbocycles. The molecule has 0 spiro atoms. The van der Waals surface area contributed by atoms with Gasteiger partial charge in [-0.25, -0.2) is 0 Å². The zero-order valence-electron chi connectivity index (χ0n) is 9.07. The maximum absolute atomic E-state index is 12.2. The molecule has 0 fully saturated rings. The van der Waals surface area contributed by atoms with Crippen LogP contribution in [-0.4, -0.2) is 12.7 Å². The molecule has 1 nitrogen and oxygen atoms in total. The van der Waals surface area contributed by atoms with Gasteiger partial charge in [0.2, 0.25) is 0 Å². The van der Waals surface area contributed by atoms with Crippen molar-refractivity contribution in [2.45, 2.75) is 32.0 Å². The Labute approximate surface area is 119 Å². The van der Waals surface area contributed by atoms with E-state index in [9.17, 15) is 13.2 Å². The quantitative estimate of drug-likeness (QED) is 0.717. The highest BCUT2D eigenvalue weighted by Crippen LogP contribution is 2.37. The fourth-order valence-electron chi connectivity index (χ4n) is 1.43. The molecule has 0 aliphatic heterocycles. The minimum Gasteiger partial charge on any atom is -0.310 e. The third-order valence-electron chi connectivity index (χ3n) is 2.17. The van der Waals surface area contributed by atoms with Crippen molar-refractivity contribution >= 4 is 43.2 Å². The summed E-state index contributed by atoms with van der Waals surface area (Å²) in [5, 5.41) is 3.08. The van der Waals surface area contributed by atoms with Crippen LogP contribution in [0.2, 0.25) is 0 Å². The molecule has 1 aromatic heterocycles. The molecule has 0 aliphatic rings. The molecule has 0 amide bonds. The molecular formula is C10H12Br2F3NS. The smallest absolute Gasteiger partial charge is 0.310 e. The zero-order valence-corrected chi connectivity index (χ0v) is 13.1. The summed E-state index contributed by atoms with van der Waals surface area (Å²) in [6.45, 7) is 2.54. The molecule has 1 unspecified atom stereocenters. The number of thiophene rings is 1. The number of alkyl halides is 3. The Bertz CT molecular complexity index is 345. The number of nitrogens with one attached hydrogen (secondary N) is 1. The van der Waals surface area contributed by atoms with Gasteiger partial charge in [0.05, 0.1) is 3.79 Å². The van der Waals surface area contributed by atoms with Crippen LogP contribution in [0, 0.1) is 0 Å². The van der Waals surface area contributed by atoms with Crippen LogP contribution in [0.1, 0.15) is 30.7 Å². The van der Waals surface area contributed by atoms with Crippen molar-refractivity contribution in [1.82, 2.24) is 5.32 Å². The number of hydrogen-bond acceptors (Lipinski definition) is 2. The Kier molecular flexibility index (Phi) is 5.95. The van der Waals surface area contributed by atoms with Gasteiger partial charge in [-0.1, -0.05) is 6.92 Å². The fraction of sp³-hybridized carbons (Fsp3) is 0.600. The minimum absolute atomic E-state index is 0.0662. The van der Waals surface area contributed by atoms with Gasteiger partial charge >= 0.3 is 6.18 Å². The summed E-state index contributed by atoms with van der Waals surface area (Å²) in [5.74, 6) is 0. The molecule has 0 radical (unpaired) electrons. The van der Waals surface area contributed by atoms with E-state index in [1.807, 2.05) is 13.0 Å². The molecule has 17 heavy (non-hydrogen) atoms. The standard InChI is InChI=1S/C10H12Br2F3NS/c1-2-16-7(3-4-10(13,14)15)8-5-6(11)9(12)17-8/h5,7,16H,2-4H2,1H3. The van der Waals surface area contributed by atoms with Crippen LogP contribution in [0.25, 0.3) is 0 Å². The molecule has 7 heteroatoms. The summed E-state index contributed by atoms with van der Waals surface area (Å²) < 4.78 is 38.4. The molecule has 98 valence electrons. The van der Waals surface area contributed by atoms with E-state index in [1.54, 1.807) is 0 Å². The van der Waals surface area contributed by atoms with Crippen molar-refractivity contribution in [1.29, 1.82) is 0 Å². The van der Waals surface area contributed by atoms with Gasteiger partial charge in [-0.05, 0) is 50.9 Å². The van der Waals surface area contributed by atoms with Gasteiger partial charge in [-0.15, -0.1) is 11.3 Å². The highest BCUT2D eigenvalue weighted by molar-refractivity contribution is 9.13. The maximum Gasteiger partial charge on any atom is 0.389 e. The average molecular weight is 395 g/mol. The van der Waals surface area contributed by atoms with Crippen LogP contribution < -0.4 is 5.32 Å². The van der Waals surface area contributed by atoms with Crippen LogP contribution in [0.4, 0.5) is 13.2 Å². The van der Waals surface area contributed by atoms with E-state index in [0.29, 0.717) is 6.54 Å². The largest absolute Gasteiger partial charge is 0.389 e. The summed E-state index contributed by atoms with van der Waals surface area (Å²) in [6.07, 6.45) is -4.80. The van der Waals surface area contributed by atoms with Crippen molar-refractivity contribution in [3.05, 3.63) is 19.2 Å². The summed E-state index contributed by atoms with van der Waals surface area (Å²) >= 11 is 8.14. The van der Waals surface area contributed by atoms with Crippen molar-refractivity contribution < 1.29 is 13.2 Å². The Morgan fingerprint density at radius 2 is 2.06 bits per heavy atom. The Balaban J connectivity index is 2.71. The zero-order chi connectivity index (χ0) is 13.1. The van der Waals surface area contributed by atoms with Crippen LogP contribution >= 0.6 is 43.2 Å². The molecule has 0 aliphatic carbocycles. The second-order valence-electron chi connectivity index (χ2n) is 3.53. The maximum atomic E-state index is 12.2. The highest BCUT2D eigenvalue weighted by Gasteiger charge is 2.29. The lowest BCUT2D eigenvalue weighted by Crippen LogP contribution is -2.22. The van der Waals surface area contributed by atoms with Crippen LogP contribution in [0.15, 0.2) is 14.3 Å². The Morgan fingerprint density at radius 1 is 1.41 bits per heavy atom. The lowest BCUT2D eigenvalue weighted by atomic mass is 10.1. The third-order valence-corrected chi connectivity index (χ3v) is 5.54. The third kappa shape index (κ3) is 5.28. The van der Waals surface area contributed by atoms with E-state index in [-0.39, 0.29) is 12.5 Å². The topological polar surface area (TPSA) is 12.0 Å². The van der Waals surface area contributed by atoms with Gasteiger partial charge in [0.1, 0.15) is 0 Å². The first-order chi connectivity index (χ1) is 7.83. The van der Waals surface area contributed by atoms with Crippen molar-refractivity contribution in [2.75, 3.05) is 6.54 Å². The highest BCUT2D eigenvalue weighted by atomic mass is 79.9. The molecule has 1 heterocycles. The van der Waals surface area contributed by atoms with Crippen molar-refractivity contribution in [3.63, 3.8) is 0 Å². The summed E-state index contributed by atoms with van der Waals surface area (Å²) in [4.78, 5) is 0.912. The molecule has 1 atom stereocenters. The molecule has 0 saturated heterocycles. The average Bonchev–Trinajstić information content (AvgIpc) is 2.52. The van der Waals surface area contributed by atoms with E-state index < -0.39 is 12.6 Å². The van der Waals surface area contributed by atoms with Crippen molar-refractivity contribution in [2.24, 2.45) is 0 Å². The van der Waals surface area contributed by atoms with Gasteiger partial charge in [-0.3, -0.25) is 0 Å². The van der Waals surface area contributed by atoms with E-state index in [4.69, 9.17) is 0 Å². The van der Waals surface area contributed by atoms with E-state index >= 15 is 0 Å². The number of halogens is 5. The molecule has 1 N–H and O–H groups in total. The normalized spacial score (nSPS) is 14.0. The number of hydrogen-bond donors (Lipinski definition) is 1. The van der Waals surface area contributed by atoms with Crippen LogP contribution in [0.5, 0.6) is 0 Å². The van der Waals surface area contributed by atoms with E-state index in [2.05, 4.69) is 37.2 Å². The molecule has 0 bridgehead atoms. The van der Waals surface area contributed by atoms with E-state index in [1.165, 1.54) is 11.3 Å². The molecule has 1 rings (SSSR count). The number of rotatable bonds is 5. The molecule has 1 aromatic rings. The first kappa shape index (κ1) is 15.5. The Morgan fingerprint density at radius 3 is 2.47 bits per heavy atom. The molecular weight excluding hydrogens is 383 g/mol. The first-order valence-corrected chi connectivity index (χ1v) is 7.48. The monoisotopic (exact) mass is 393 g/mol. The Hall–Kier alpha value is 0.410. The summed E-state index contributed by atoms with van der Waals surface area (Å²) in [6, 6.07) is 1.62. The second kappa shape index (κ2) is 6.54. The lowest BCUT2D eigenvalue weighted by Gasteiger charge is -2.17. The van der Waals surface area contributed by atoms with Gasteiger partial charge in [0.15, 0.2) is 0 Å². The summed E-state index contributed by atoms with van der Waals surface area (Å²) in [7, 11) is 0. The predicted molar refractivity (Wildman–Crippen MR) is 71.4 cm³/mol. The van der Waals surface area contributed by atoms with Crippen LogP contribution in [0.3, 0.4) is 0 Å². The molecule has 0 aromatic carbocycles. The van der Waals surface area contributed by atoms with Gasteiger partial charge in [0, 0.05) is 21.8 Å². The van der Waals surface area contributed by atoms with Crippen molar-refractivity contribution in [3.8, 4) is 0 Å². The van der Waals surface area contributed by atoms with Gasteiger partial charge in [0.25, 0.3) is 0 Å². The fourth-order valence-corrected chi connectivity index (χ4v) is 3.63. The van der Waals surface area contributed by atoms with E-state index in [0.717, 1.165) is 13.1 Å². The summed E-state index contributed by atoms with van der Waals surface area (Å²) in [5.41, 5.74) is 0. The van der Waals surface area contributed by atoms with Gasteiger partial charge in [-0.2, -0.15) is 13.2 Å². The predicted octanol–water partition coefficient (Wildman–Crippen LogP) is 5.27. The second-order valence-corrected chi connectivity index (χ2v) is 6.79.